The van der Waals surface area contributed by atoms with Crippen LogP contribution in [0.2, 0.25) is 0 Å². The zero-order valence-electron chi connectivity index (χ0n) is 15.4. The van der Waals surface area contributed by atoms with Gasteiger partial charge in [-0.1, -0.05) is 6.92 Å². The molecule has 25 heavy (non-hydrogen) atoms. The van der Waals surface area contributed by atoms with Crippen LogP contribution in [0.4, 0.5) is 0 Å². The van der Waals surface area contributed by atoms with Gasteiger partial charge in [-0.15, -0.1) is 10.2 Å². The van der Waals surface area contributed by atoms with E-state index in [1.807, 2.05) is 0 Å². The van der Waals surface area contributed by atoms with Crippen LogP contribution in [0.3, 0.4) is 0 Å². The van der Waals surface area contributed by atoms with Crippen LogP contribution in [-0.4, -0.2) is 64.8 Å². The van der Waals surface area contributed by atoms with Gasteiger partial charge >= 0.3 is 0 Å². The maximum Gasteiger partial charge on any atom is 0.191 e. The van der Waals surface area contributed by atoms with E-state index >= 15 is 0 Å². The van der Waals surface area contributed by atoms with Crippen LogP contribution in [0.25, 0.3) is 0 Å². The number of aliphatic hydroxyl groups excluding tert-OH is 1. The number of rotatable bonds is 9. The summed E-state index contributed by atoms with van der Waals surface area (Å²) < 4.78 is 7.15. The fourth-order valence-electron chi connectivity index (χ4n) is 3.00. The van der Waals surface area contributed by atoms with E-state index < -0.39 is 0 Å². The third kappa shape index (κ3) is 6.99. The number of guanidine groups is 1. The molecule has 1 fully saturated rings. The second-order valence-electron chi connectivity index (χ2n) is 6.45. The van der Waals surface area contributed by atoms with Gasteiger partial charge in [0.25, 0.3) is 0 Å². The summed E-state index contributed by atoms with van der Waals surface area (Å²) in [7, 11) is 1.71. The summed E-state index contributed by atoms with van der Waals surface area (Å²) in [6.07, 6.45) is 7.07. The summed E-state index contributed by atoms with van der Waals surface area (Å²) in [6, 6.07) is 0.373. The van der Waals surface area contributed by atoms with Gasteiger partial charge in [-0.2, -0.15) is 0 Å². The van der Waals surface area contributed by atoms with E-state index in [1.165, 1.54) is 0 Å². The zero-order chi connectivity index (χ0) is 17.9. The number of aromatic nitrogens is 3. The van der Waals surface area contributed by atoms with Gasteiger partial charge in [0.15, 0.2) is 5.96 Å². The quantitative estimate of drug-likeness (QED) is 0.344. The van der Waals surface area contributed by atoms with Gasteiger partial charge in [-0.25, -0.2) is 0 Å². The van der Waals surface area contributed by atoms with Crippen molar-refractivity contribution >= 4 is 5.96 Å². The van der Waals surface area contributed by atoms with Crippen LogP contribution in [0.15, 0.2) is 11.3 Å². The summed E-state index contributed by atoms with van der Waals surface area (Å²) in [5, 5.41) is 24.6. The SMILES string of the molecule is CCc1nncn1CCNC(=NCCCOC)NC1CCC(O)CC1. The highest BCUT2D eigenvalue weighted by Gasteiger charge is 2.20. The van der Waals surface area contributed by atoms with Gasteiger partial charge in [-0.05, 0) is 32.1 Å². The molecule has 8 nitrogen and oxygen atoms in total. The summed E-state index contributed by atoms with van der Waals surface area (Å²) in [4.78, 5) is 4.65. The lowest BCUT2D eigenvalue weighted by molar-refractivity contribution is 0.120. The Hall–Kier alpha value is -1.67. The lowest BCUT2D eigenvalue weighted by Crippen LogP contribution is -2.46. The van der Waals surface area contributed by atoms with E-state index in [1.54, 1.807) is 13.4 Å². The topological polar surface area (TPSA) is 96.6 Å². The van der Waals surface area contributed by atoms with Crippen LogP contribution in [0.5, 0.6) is 0 Å². The Morgan fingerprint density at radius 2 is 2.20 bits per heavy atom. The van der Waals surface area contributed by atoms with Gasteiger partial charge in [0.1, 0.15) is 12.2 Å². The number of hydrogen-bond acceptors (Lipinski definition) is 5. The first-order valence-electron chi connectivity index (χ1n) is 9.31. The van der Waals surface area contributed by atoms with Crippen molar-refractivity contribution < 1.29 is 9.84 Å². The average Bonchev–Trinajstić information content (AvgIpc) is 3.08. The molecule has 1 heterocycles. The van der Waals surface area contributed by atoms with Crippen molar-refractivity contribution in [1.82, 2.24) is 25.4 Å². The van der Waals surface area contributed by atoms with Crippen LogP contribution in [-0.2, 0) is 17.7 Å². The first-order chi connectivity index (χ1) is 12.2. The van der Waals surface area contributed by atoms with Gasteiger partial charge in [0.05, 0.1) is 6.10 Å². The Morgan fingerprint density at radius 3 is 2.92 bits per heavy atom. The van der Waals surface area contributed by atoms with E-state index in [0.29, 0.717) is 12.6 Å². The molecule has 8 heteroatoms. The fourth-order valence-corrected chi connectivity index (χ4v) is 3.00. The average molecular weight is 352 g/mol. The third-order valence-electron chi connectivity index (χ3n) is 4.47. The standard InChI is InChI=1S/C17H32N6O2/c1-3-16-22-20-13-23(16)11-10-19-17(18-9-4-12-25-2)21-14-5-7-15(24)8-6-14/h13-15,24H,3-12H2,1-2H3,(H2,18,19,21). The molecule has 0 aromatic carbocycles. The largest absolute Gasteiger partial charge is 0.393 e. The Labute approximate surface area is 150 Å². The first kappa shape index (κ1) is 19.7. The van der Waals surface area contributed by atoms with Gasteiger partial charge in [0, 0.05) is 45.8 Å². The van der Waals surface area contributed by atoms with Crippen LogP contribution < -0.4 is 10.6 Å². The molecule has 3 N–H and O–H groups in total. The highest BCUT2D eigenvalue weighted by atomic mass is 16.5. The van der Waals surface area contributed by atoms with Crippen molar-refractivity contribution in [3.05, 3.63) is 12.2 Å². The number of aliphatic hydroxyl groups is 1. The molecule has 1 aromatic rings. The second-order valence-corrected chi connectivity index (χ2v) is 6.45. The molecule has 0 bridgehead atoms. The fraction of sp³-hybridized carbons (Fsp3) is 0.824. The van der Waals surface area contributed by atoms with Crippen LogP contribution in [0, 0.1) is 0 Å². The molecule has 2 rings (SSSR count). The summed E-state index contributed by atoms with van der Waals surface area (Å²) in [6.45, 7) is 5.09. The van der Waals surface area contributed by atoms with Gasteiger partial charge < -0.3 is 25.0 Å². The maximum absolute atomic E-state index is 9.66. The highest BCUT2D eigenvalue weighted by Crippen LogP contribution is 2.18. The van der Waals surface area contributed by atoms with Crippen molar-refractivity contribution in [2.45, 2.75) is 64.1 Å². The Bertz CT molecular complexity index is 511. The van der Waals surface area contributed by atoms with Gasteiger partial charge in [-0.3, -0.25) is 4.99 Å². The number of nitrogens with zero attached hydrogens (tertiary/aromatic N) is 4. The third-order valence-corrected chi connectivity index (χ3v) is 4.47. The zero-order valence-corrected chi connectivity index (χ0v) is 15.4. The van der Waals surface area contributed by atoms with Crippen molar-refractivity contribution in [3.8, 4) is 0 Å². The van der Waals surface area contributed by atoms with E-state index in [9.17, 15) is 5.11 Å². The minimum atomic E-state index is -0.144. The maximum atomic E-state index is 9.66. The van der Waals surface area contributed by atoms with Crippen molar-refractivity contribution in [3.63, 3.8) is 0 Å². The molecular formula is C17H32N6O2. The molecule has 0 saturated heterocycles. The molecule has 0 spiro atoms. The predicted octanol–water partition coefficient (Wildman–Crippen LogP) is 0.716. The molecule has 0 atom stereocenters. The minimum Gasteiger partial charge on any atom is -0.393 e. The Balaban J connectivity index is 1.82. The van der Waals surface area contributed by atoms with Crippen molar-refractivity contribution in [2.75, 3.05) is 26.8 Å². The predicted molar refractivity (Wildman–Crippen MR) is 97.6 cm³/mol. The number of methoxy groups -OCH3 is 1. The molecular weight excluding hydrogens is 320 g/mol. The Kier molecular flexibility index (Phi) is 8.68. The molecule has 1 aliphatic carbocycles. The minimum absolute atomic E-state index is 0.144. The first-order valence-corrected chi connectivity index (χ1v) is 9.31. The van der Waals surface area contributed by atoms with Crippen molar-refractivity contribution in [2.24, 2.45) is 4.99 Å². The molecule has 1 saturated carbocycles. The smallest absolute Gasteiger partial charge is 0.191 e. The number of aliphatic imine (C=N–C) groups is 1. The Morgan fingerprint density at radius 1 is 1.40 bits per heavy atom. The number of aryl methyl sites for hydroxylation is 1. The second kappa shape index (κ2) is 11.0. The van der Waals surface area contributed by atoms with Crippen molar-refractivity contribution in [1.29, 1.82) is 0 Å². The number of ether oxygens (including phenoxy) is 1. The molecule has 0 aliphatic heterocycles. The molecule has 0 amide bonds. The monoisotopic (exact) mass is 352 g/mol. The summed E-state index contributed by atoms with van der Waals surface area (Å²) in [5.74, 6) is 1.83. The summed E-state index contributed by atoms with van der Waals surface area (Å²) in [5.41, 5.74) is 0. The van der Waals surface area contributed by atoms with Crippen LogP contribution in [0.1, 0.15) is 44.9 Å². The van der Waals surface area contributed by atoms with E-state index in [0.717, 1.165) is 69.9 Å². The molecule has 0 radical (unpaired) electrons. The van der Waals surface area contributed by atoms with E-state index in [-0.39, 0.29) is 6.10 Å². The number of nitrogens with one attached hydrogen (secondary N) is 2. The summed E-state index contributed by atoms with van der Waals surface area (Å²) >= 11 is 0. The van der Waals surface area contributed by atoms with Gasteiger partial charge in [0.2, 0.25) is 0 Å². The lowest BCUT2D eigenvalue weighted by atomic mass is 9.93. The lowest BCUT2D eigenvalue weighted by Gasteiger charge is -2.27. The normalized spacial score (nSPS) is 21.3. The highest BCUT2D eigenvalue weighted by molar-refractivity contribution is 5.80. The number of hydrogen-bond donors (Lipinski definition) is 3. The molecule has 0 unspecified atom stereocenters. The van der Waals surface area contributed by atoms with E-state index in [2.05, 4.69) is 37.3 Å². The van der Waals surface area contributed by atoms with E-state index in [4.69, 9.17) is 4.74 Å². The molecule has 1 aliphatic rings. The molecule has 1 aromatic heterocycles. The van der Waals surface area contributed by atoms with Crippen LogP contribution >= 0.6 is 0 Å². The molecule has 142 valence electrons.